The summed E-state index contributed by atoms with van der Waals surface area (Å²) in [6.45, 7) is 2.52. The maximum Gasteiger partial charge on any atom is 0.169 e. The van der Waals surface area contributed by atoms with Gasteiger partial charge in [0.1, 0.15) is 0 Å². The van der Waals surface area contributed by atoms with Crippen molar-refractivity contribution in [1.29, 1.82) is 0 Å². The second kappa shape index (κ2) is 4.59. The van der Waals surface area contributed by atoms with Crippen molar-refractivity contribution in [3.8, 4) is 0 Å². The van der Waals surface area contributed by atoms with Crippen LogP contribution in [0.2, 0.25) is 0 Å². The van der Waals surface area contributed by atoms with E-state index in [0.29, 0.717) is 12.4 Å². The number of halogens is 2. The summed E-state index contributed by atoms with van der Waals surface area (Å²) in [6, 6.07) is 2.05. The first-order valence-corrected chi connectivity index (χ1v) is 6.41. The maximum absolute atomic E-state index is 5.95. The first-order chi connectivity index (χ1) is 7.16. The third-order valence-corrected chi connectivity index (χ3v) is 3.72. The van der Waals surface area contributed by atoms with Gasteiger partial charge in [-0.3, -0.25) is 0 Å². The van der Waals surface area contributed by atoms with Crippen molar-refractivity contribution in [2.24, 2.45) is 0 Å². The van der Waals surface area contributed by atoms with Gasteiger partial charge in [-0.1, -0.05) is 0 Å². The molecule has 0 radical (unpaired) electrons. The zero-order valence-corrected chi connectivity index (χ0v) is 11.1. The van der Waals surface area contributed by atoms with Gasteiger partial charge in [-0.15, -0.1) is 28.0 Å². The molecule has 7 heteroatoms. The van der Waals surface area contributed by atoms with Crippen LogP contribution in [-0.2, 0) is 6.54 Å². The minimum atomic E-state index is -0.177. The molecule has 4 nitrogen and oxygen atoms in total. The van der Waals surface area contributed by atoms with Gasteiger partial charge in [-0.25, -0.2) is 4.68 Å². The Morgan fingerprint density at radius 2 is 2.47 bits per heavy atom. The van der Waals surface area contributed by atoms with E-state index in [0.717, 1.165) is 4.47 Å². The van der Waals surface area contributed by atoms with E-state index in [4.69, 9.17) is 11.6 Å². The molecule has 2 heterocycles. The van der Waals surface area contributed by atoms with Gasteiger partial charge in [0.05, 0.1) is 11.9 Å². The monoisotopic (exact) mass is 306 g/mol. The third-order valence-electron chi connectivity index (χ3n) is 1.84. The minimum Gasteiger partial charge on any atom is -0.223 e. The normalized spacial score (nSPS) is 13.0. The van der Waals surface area contributed by atoms with Crippen LogP contribution in [0.1, 0.15) is 23.0 Å². The lowest BCUT2D eigenvalue weighted by Crippen LogP contribution is -2.06. The highest BCUT2D eigenvalue weighted by Crippen LogP contribution is 2.22. The molecular weight excluding hydrogens is 300 g/mol. The van der Waals surface area contributed by atoms with Crippen LogP contribution < -0.4 is 0 Å². The Morgan fingerprint density at radius 1 is 1.67 bits per heavy atom. The molecule has 15 heavy (non-hydrogen) atoms. The average molecular weight is 308 g/mol. The number of nitrogens with zero attached hydrogens (tertiary/aromatic N) is 4. The summed E-state index contributed by atoms with van der Waals surface area (Å²) in [5, 5.41) is 13.3. The van der Waals surface area contributed by atoms with Crippen LogP contribution in [0.4, 0.5) is 0 Å². The largest absolute Gasteiger partial charge is 0.223 e. The molecule has 2 rings (SSSR count). The molecule has 2 aromatic heterocycles. The molecule has 0 bridgehead atoms. The maximum atomic E-state index is 5.95. The van der Waals surface area contributed by atoms with Gasteiger partial charge in [-0.2, -0.15) is 0 Å². The fourth-order valence-electron chi connectivity index (χ4n) is 1.19. The minimum absolute atomic E-state index is 0.177. The Kier molecular flexibility index (Phi) is 3.38. The Morgan fingerprint density at radius 3 is 3.07 bits per heavy atom. The van der Waals surface area contributed by atoms with Crippen LogP contribution in [-0.4, -0.2) is 20.2 Å². The molecule has 1 unspecified atom stereocenters. The molecule has 0 amide bonds. The van der Waals surface area contributed by atoms with Crippen molar-refractivity contribution in [2.75, 3.05) is 0 Å². The SMILES string of the molecule is CC(Cl)c1nnnn1Cc1cc(Br)cs1. The molecule has 0 aliphatic carbocycles. The van der Waals surface area contributed by atoms with Gasteiger partial charge in [-0.05, 0) is 39.3 Å². The van der Waals surface area contributed by atoms with E-state index >= 15 is 0 Å². The average Bonchev–Trinajstić information content (AvgIpc) is 2.75. The van der Waals surface area contributed by atoms with Crippen LogP contribution in [0.3, 0.4) is 0 Å². The summed E-state index contributed by atoms with van der Waals surface area (Å²) in [5.74, 6) is 0.696. The molecule has 0 fully saturated rings. The molecule has 0 aliphatic heterocycles. The van der Waals surface area contributed by atoms with E-state index in [9.17, 15) is 0 Å². The van der Waals surface area contributed by atoms with E-state index < -0.39 is 0 Å². The fraction of sp³-hybridized carbons (Fsp3) is 0.375. The predicted molar refractivity (Wildman–Crippen MR) is 63.2 cm³/mol. The van der Waals surface area contributed by atoms with Crippen LogP contribution in [0.25, 0.3) is 0 Å². The summed E-state index contributed by atoms with van der Waals surface area (Å²) >= 11 is 11.0. The Hall–Kier alpha value is -0.460. The first kappa shape index (κ1) is 11.0. The highest BCUT2D eigenvalue weighted by molar-refractivity contribution is 9.10. The Balaban J connectivity index is 2.20. The number of thiophene rings is 1. The molecule has 0 aromatic carbocycles. The smallest absolute Gasteiger partial charge is 0.169 e. The van der Waals surface area contributed by atoms with Crippen molar-refractivity contribution in [2.45, 2.75) is 18.8 Å². The van der Waals surface area contributed by atoms with Crippen molar-refractivity contribution >= 4 is 38.9 Å². The Labute approximate surface area is 104 Å². The van der Waals surface area contributed by atoms with Gasteiger partial charge in [0.2, 0.25) is 0 Å². The summed E-state index contributed by atoms with van der Waals surface area (Å²) < 4.78 is 2.80. The van der Waals surface area contributed by atoms with Gasteiger partial charge in [0, 0.05) is 14.7 Å². The summed E-state index contributed by atoms with van der Waals surface area (Å²) in [6.07, 6.45) is 0. The van der Waals surface area contributed by atoms with Crippen molar-refractivity contribution in [3.05, 3.63) is 26.6 Å². The quantitative estimate of drug-likeness (QED) is 0.819. The molecule has 80 valence electrons. The van der Waals surface area contributed by atoms with Crippen LogP contribution in [0, 0.1) is 0 Å². The summed E-state index contributed by atoms with van der Waals surface area (Å²) in [4.78, 5) is 1.19. The lowest BCUT2D eigenvalue weighted by Gasteiger charge is -2.03. The zero-order chi connectivity index (χ0) is 10.8. The second-order valence-electron chi connectivity index (χ2n) is 3.04. The van der Waals surface area contributed by atoms with E-state index in [2.05, 4.69) is 37.5 Å². The van der Waals surface area contributed by atoms with E-state index in [1.807, 2.05) is 12.3 Å². The summed E-state index contributed by atoms with van der Waals surface area (Å²) in [5.41, 5.74) is 0. The first-order valence-electron chi connectivity index (χ1n) is 4.30. The number of hydrogen-bond acceptors (Lipinski definition) is 4. The number of tetrazole rings is 1. The lowest BCUT2D eigenvalue weighted by atomic mass is 10.4. The van der Waals surface area contributed by atoms with Crippen LogP contribution in [0.5, 0.6) is 0 Å². The standard InChI is InChI=1S/C8H8BrClN4S/c1-5(10)8-11-12-13-14(8)3-7-2-6(9)4-15-7/h2,4-5H,3H2,1H3. The zero-order valence-electron chi connectivity index (χ0n) is 7.89. The van der Waals surface area contributed by atoms with Crippen LogP contribution in [0.15, 0.2) is 15.9 Å². The lowest BCUT2D eigenvalue weighted by molar-refractivity contribution is 0.623. The van der Waals surface area contributed by atoms with Crippen molar-refractivity contribution in [3.63, 3.8) is 0 Å². The highest BCUT2D eigenvalue weighted by Gasteiger charge is 2.12. The van der Waals surface area contributed by atoms with E-state index in [1.54, 1.807) is 16.0 Å². The number of aromatic nitrogens is 4. The number of rotatable bonds is 3. The summed E-state index contributed by atoms with van der Waals surface area (Å²) in [7, 11) is 0. The van der Waals surface area contributed by atoms with E-state index in [1.165, 1.54) is 4.88 Å². The molecule has 1 atom stereocenters. The molecule has 0 saturated heterocycles. The predicted octanol–water partition coefficient (Wildman–Crippen LogP) is 2.85. The highest BCUT2D eigenvalue weighted by atomic mass is 79.9. The van der Waals surface area contributed by atoms with Gasteiger partial charge >= 0.3 is 0 Å². The van der Waals surface area contributed by atoms with Crippen molar-refractivity contribution < 1.29 is 0 Å². The Bertz CT molecular complexity index is 453. The topological polar surface area (TPSA) is 43.6 Å². The van der Waals surface area contributed by atoms with Gasteiger partial charge < -0.3 is 0 Å². The van der Waals surface area contributed by atoms with Gasteiger partial charge in [0.25, 0.3) is 0 Å². The molecule has 0 N–H and O–H groups in total. The molecule has 0 spiro atoms. The fourth-order valence-corrected chi connectivity index (χ4v) is 2.78. The third kappa shape index (κ3) is 2.56. The number of alkyl halides is 1. The van der Waals surface area contributed by atoms with E-state index in [-0.39, 0.29) is 5.38 Å². The molecule has 0 aliphatic rings. The van der Waals surface area contributed by atoms with Gasteiger partial charge in [0.15, 0.2) is 5.82 Å². The van der Waals surface area contributed by atoms with Crippen LogP contribution >= 0.6 is 38.9 Å². The second-order valence-corrected chi connectivity index (χ2v) is 5.61. The molecule has 0 saturated carbocycles. The van der Waals surface area contributed by atoms with Crippen molar-refractivity contribution in [1.82, 2.24) is 20.2 Å². The molecular formula is C8H8BrClN4S. The molecule has 2 aromatic rings. The number of hydrogen-bond donors (Lipinski definition) is 0.